The second-order valence-electron chi connectivity index (χ2n) is 6.46. The molecule has 0 aromatic carbocycles. The van der Waals surface area contributed by atoms with Gasteiger partial charge in [0.05, 0.1) is 12.5 Å². The lowest BCUT2D eigenvalue weighted by Crippen LogP contribution is -2.38. The molecule has 0 radical (unpaired) electrons. The average molecular weight is 288 g/mol. The van der Waals surface area contributed by atoms with Crippen LogP contribution in [0.2, 0.25) is 0 Å². The van der Waals surface area contributed by atoms with Crippen LogP contribution in [0.5, 0.6) is 0 Å². The Balaban J connectivity index is 2.76. The van der Waals surface area contributed by atoms with Crippen molar-refractivity contribution in [2.75, 3.05) is 6.61 Å². The number of aliphatic hydroxyl groups excluding tert-OH is 1. The van der Waals surface area contributed by atoms with Gasteiger partial charge in [0, 0.05) is 10.5 Å². The van der Waals surface area contributed by atoms with Gasteiger partial charge in [0.25, 0.3) is 0 Å². The lowest BCUT2D eigenvalue weighted by Gasteiger charge is -2.42. The quantitative estimate of drug-likeness (QED) is 0.786. The Morgan fingerprint density at radius 3 is 2.53 bits per heavy atom. The van der Waals surface area contributed by atoms with Crippen molar-refractivity contribution in [3.8, 4) is 0 Å². The highest BCUT2D eigenvalue weighted by atomic mass is 32.2. The zero-order valence-corrected chi connectivity index (χ0v) is 13.4. The Morgan fingerprint density at radius 1 is 1.42 bits per heavy atom. The predicted molar refractivity (Wildman–Crippen MR) is 80.5 cm³/mol. The summed E-state index contributed by atoms with van der Waals surface area (Å²) in [5.74, 6) is -0.324. The molecule has 0 saturated heterocycles. The number of carboxylic acids is 1. The number of rotatable bonds is 6. The van der Waals surface area contributed by atoms with Crippen LogP contribution < -0.4 is 0 Å². The molecular weight excluding hydrogens is 260 g/mol. The van der Waals surface area contributed by atoms with E-state index in [9.17, 15) is 15.0 Å². The van der Waals surface area contributed by atoms with Crippen LogP contribution in [0.25, 0.3) is 0 Å². The van der Waals surface area contributed by atoms with Crippen LogP contribution >= 0.6 is 11.8 Å². The molecule has 4 unspecified atom stereocenters. The monoisotopic (exact) mass is 288 g/mol. The summed E-state index contributed by atoms with van der Waals surface area (Å²) in [7, 11) is 0. The molecule has 3 nitrogen and oxygen atoms in total. The fourth-order valence-corrected chi connectivity index (χ4v) is 4.37. The number of aliphatic hydroxyl groups is 1. The first kappa shape index (κ1) is 16.8. The van der Waals surface area contributed by atoms with Crippen molar-refractivity contribution >= 4 is 17.7 Å². The molecule has 1 aliphatic rings. The topological polar surface area (TPSA) is 57.5 Å². The van der Waals surface area contributed by atoms with Crippen molar-refractivity contribution in [2.45, 2.75) is 63.9 Å². The molecule has 1 aliphatic carbocycles. The zero-order chi connectivity index (χ0) is 14.6. The van der Waals surface area contributed by atoms with Crippen molar-refractivity contribution in [3.63, 3.8) is 0 Å². The molecule has 1 rings (SSSR count). The number of hydrogen-bond acceptors (Lipinski definition) is 3. The van der Waals surface area contributed by atoms with E-state index in [4.69, 9.17) is 0 Å². The highest BCUT2D eigenvalue weighted by Gasteiger charge is 2.40. The summed E-state index contributed by atoms with van der Waals surface area (Å²) in [6.45, 7) is 8.88. The van der Waals surface area contributed by atoms with Gasteiger partial charge in [0.15, 0.2) is 0 Å². The Morgan fingerprint density at radius 2 is 2.05 bits per heavy atom. The lowest BCUT2D eigenvalue weighted by atomic mass is 9.67. The maximum atomic E-state index is 11.4. The first-order valence-corrected chi connectivity index (χ1v) is 8.25. The van der Waals surface area contributed by atoms with E-state index in [1.807, 2.05) is 6.92 Å². The fourth-order valence-electron chi connectivity index (χ4n) is 2.90. The van der Waals surface area contributed by atoms with Crippen LogP contribution in [0.15, 0.2) is 0 Å². The van der Waals surface area contributed by atoms with Gasteiger partial charge < -0.3 is 10.2 Å². The van der Waals surface area contributed by atoms with E-state index < -0.39 is 5.97 Å². The van der Waals surface area contributed by atoms with Crippen molar-refractivity contribution in [1.29, 1.82) is 0 Å². The number of carbonyl (C=O) groups is 1. The minimum absolute atomic E-state index is 0.120. The summed E-state index contributed by atoms with van der Waals surface area (Å²) in [5.41, 5.74) is 0.282. The summed E-state index contributed by atoms with van der Waals surface area (Å²) in [6.07, 6.45) is 3.89. The standard InChI is InChI=1S/C15H28O3S/c1-5-15(3,4)11-6-7-12(14(17)18)13(8-11)19-10(2)9-16/h10-13,16H,5-9H2,1-4H3,(H,17,18). The van der Waals surface area contributed by atoms with Gasteiger partial charge in [0.2, 0.25) is 0 Å². The molecule has 0 bridgehead atoms. The molecule has 0 aromatic rings. The van der Waals surface area contributed by atoms with E-state index in [0.717, 1.165) is 25.7 Å². The molecule has 2 N–H and O–H groups in total. The highest BCUT2D eigenvalue weighted by Crippen LogP contribution is 2.46. The number of carboxylic acid groups (broad SMARTS) is 1. The molecule has 1 saturated carbocycles. The molecule has 1 fully saturated rings. The van der Waals surface area contributed by atoms with Crippen molar-refractivity contribution in [2.24, 2.45) is 17.3 Å². The third kappa shape index (κ3) is 4.38. The zero-order valence-electron chi connectivity index (χ0n) is 12.6. The van der Waals surface area contributed by atoms with Crippen LogP contribution in [0.3, 0.4) is 0 Å². The van der Waals surface area contributed by atoms with Crippen LogP contribution in [0, 0.1) is 17.3 Å². The summed E-state index contributed by atoms with van der Waals surface area (Å²) in [6, 6.07) is 0. The Bertz CT molecular complexity index is 304. The summed E-state index contributed by atoms with van der Waals surface area (Å²) < 4.78 is 0. The molecule has 0 spiro atoms. The van der Waals surface area contributed by atoms with Crippen molar-refractivity contribution < 1.29 is 15.0 Å². The minimum atomic E-state index is -0.671. The summed E-state index contributed by atoms with van der Waals surface area (Å²) >= 11 is 1.66. The molecule has 0 aliphatic heterocycles. The Labute approximate surface area is 121 Å². The first-order valence-electron chi connectivity index (χ1n) is 7.31. The van der Waals surface area contributed by atoms with Gasteiger partial charge >= 0.3 is 5.97 Å². The molecule has 0 amide bonds. The average Bonchev–Trinajstić information content (AvgIpc) is 2.38. The molecule has 4 atom stereocenters. The van der Waals surface area contributed by atoms with Crippen molar-refractivity contribution in [3.05, 3.63) is 0 Å². The first-order chi connectivity index (χ1) is 8.81. The van der Waals surface area contributed by atoms with Crippen LogP contribution in [0.1, 0.15) is 53.4 Å². The van der Waals surface area contributed by atoms with Crippen LogP contribution in [0.4, 0.5) is 0 Å². The van der Waals surface area contributed by atoms with Gasteiger partial charge in [-0.15, -0.1) is 0 Å². The second kappa shape index (κ2) is 6.98. The highest BCUT2D eigenvalue weighted by molar-refractivity contribution is 8.00. The predicted octanol–water partition coefficient (Wildman–Crippen LogP) is 3.41. The largest absolute Gasteiger partial charge is 0.481 e. The molecule has 19 heavy (non-hydrogen) atoms. The number of thioether (sulfide) groups is 1. The van der Waals surface area contributed by atoms with E-state index in [1.165, 1.54) is 0 Å². The second-order valence-corrected chi connectivity index (χ2v) is 8.15. The third-order valence-electron chi connectivity index (χ3n) is 4.79. The number of hydrogen-bond donors (Lipinski definition) is 2. The van der Waals surface area contributed by atoms with E-state index >= 15 is 0 Å². The SMILES string of the molecule is CCC(C)(C)C1CCC(C(=O)O)C(SC(C)CO)C1. The summed E-state index contributed by atoms with van der Waals surface area (Å²) in [4.78, 5) is 11.4. The van der Waals surface area contributed by atoms with E-state index in [0.29, 0.717) is 5.92 Å². The third-order valence-corrected chi connectivity index (χ3v) is 6.27. The van der Waals surface area contributed by atoms with Crippen LogP contribution in [-0.2, 0) is 4.79 Å². The van der Waals surface area contributed by atoms with Gasteiger partial charge in [-0.25, -0.2) is 0 Å². The number of aliphatic carboxylic acids is 1. The van der Waals surface area contributed by atoms with E-state index in [1.54, 1.807) is 11.8 Å². The van der Waals surface area contributed by atoms with Gasteiger partial charge in [-0.2, -0.15) is 11.8 Å². The maximum absolute atomic E-state index is 11.4. The normalized spacial score (nSPS) is 30.1. The molecule has 0 heterocycles. The van der Waals surface area contributed by atoms with E-state index in [-0.39, 0.29) is 28.4 Å². The minimum Gasteiger partial charge on any atom is -0.481 e. The summed E-state index contributed by atoms with van der Waals surface area (Å²) in [5, 5.41) is 18.8. The Kier molecular flexibility index (Phi) is 6.18. The molecule has 4 heteroatoms. The smallest absolute Gasteiger partial charge is 0.307 e. The van der Waals surface area contributed by atoms with Crippen LogP contribution in [-0.4, -0.2) is 33.3 Å². The molecule has 112 valence electrons. The van der Waals surface area contributed by atoms with Gasteiger partial charge in [-0.1, -0.05) is 34.1 Å². The maximum Gasteiger partial charge on any atom is 0.307 e. The van der Waals surface area contributed by atoms with Crippen molar-refractivity contribution in [1.82, 2.24) is 0 Å². The van der Waals surface area contributed by atoms with Gasteiger partial charge in [-0.3, -0.25) is 4.79 Å². The molecule has 0 aromatic heterocycles. The van der Waals surface area contributed by atoms with E-state index in [2.05, 4.69) is 20.8 Å². The van der Waals surface area contributed by atoms with Gasteiger partial charge in [0.1, 0.15) is 0 Å². The lowest BCUT2D eigenvalue weighted by molar-refractivity contribution is -0.143. The molecular formula is C15H28O3S. The Hall–Kier alpha value is -0.220. The van der Waals surface area contributed by atoms with Gasteiger partial charge in [-0.05, 0) is 30.6 Å². The fraction of sp³-hybridized carbons (Fsp3) is 0.933.